The normalized spacial score (nSPS) is 15.6. The van der Waals surface area contributed by atoms with E-state index in [1.54, 1.807) is 18.0 Å². The molecule has 0 aliphatic carbocycles. The maximum atomic E-state index is 12.6. The second kappa shape index (κ2) is 11.5. The number of carbonyl (C=O) groups is 1. The van der Waals surface area contributed by atoms with E-state index in [0.717, 1.165) is 30.1 Å². The summed E-state index contributed by atoms with van der Waals surface area (Å²) in [6.45, 7) is 8.70. The van der Waals surface area contributed by atoms with E-state index >= 15 is 0 Å². The van der Waals surface area contributed by atoms with Gasteiger partial charge in [0.25, 0.3) is 5.91 Å². The molecule has 1 aliphatic heterocycles. The van der Waals surface area contributed by atoms with Crippen LogP contribution in [-0.4, -0.2) is 44.5 Å². The molecule has 2 heterocycles. The molecule has 1 aromatic heterocycles. The number of nitrogens with one attached hydrogen (secondary N) is 1. The highest BCUT2D eigenvalue weighted by Gasteiger charge is 2.18. The molecule has 1 aromatic carbocycles. The first-order valence-electron chi connectivity index (χ1n) is 9.49. The maximum absolute atomic E-state index is 12.6. The van der Waals surface area contributed by atoms with Crippen molar-refractivity contribution in [2.24, 2.45) is 0 Å². The molecule has 0 spiro atoms. The fraction of sp³-hybridized carbons (Fsp3) is 0.450. The molecule has 2 N–H and O–H groups in total. The van der Waals surface area contributed by atoms with E-state index < -0.39 is 0 Å². The molecule has 0 saturated carbocycles. The monoisotopic (exact) mass is 404 g/mol. The summed E-state index contributed by atoms with van der Waals surface area (Å²) in [6, 6.07) is 7.56. The molecule has 0 bridgehead atoms. The van der Waals surface area contributed by atoms with Crippen molar-refractivity contribution < 1.29 is 14.6 Å². The van der Waals surface area contributed by atoms with Crippen molar-refractivity contribution >= 4 is 17.7 Å². The van der Waals surface area contributed by atoms with Crippen LogP contribution in [0.3, 0.4) is 0 Å². The zero-order chi connectivity index (χ0) is 20.4. The Morgan fingerprint density at radius 3 is 2.93 bits per heavy atom. The zero-order valence-electron chi connectivity index (χ0n) is 16.4. The zero-order valence-corrected chi connectivity index (χ0v) is 17.2. The van der Waals surface area contributed by atoms with Crippen LogP contribution >= 0.6 is 11.8 Å². The second-order valence-corrected chi connectivity index (χ2v) is 7.16. The maximum Gasteiger partial charge on any atom is 0.252 e. The summed E-state index contributed by atoms with van der Waals surface area (Å²) in [5.74, 6) is 0.702. The number of carbonyl (C=O) groups excluding carboxylic acids is 1. The van der Waals surface area contributed by atoms with Crippen molar-refractivity contribution in [1.82, 2.24) is 20.3 Å². The fourth-order valence-corrected chi connectivity index (χ4v) is 3.81. The van der Waals surface area contributed by atoms with E-state index in [2.05, 4.69) is 22.2 Å². The fourth-order valence-electron chi connectivity index (χ4n) is 2.69. The van der Waals surface area contributed by atoms with Crippen LogP contribution in [-0.2, 0) is 17.8 Å². The molecule has 0 radical (unpaired) electrons. The first kappa shape index (κ1) is 22.0. The van der Waals surface area contributed by atoms with Gasteiger partial charge in [-0.05, 0) is 25.0 Å². The minimum absolute atomic E-state index is 0.00248. The summed E-state index contributed by atoms with van der Waals surface area (Å²) in [7, 11) is 0. The van der Waals surface area contributed by atoms with Crippen molar-refractivity contribution in [2.45, 2.75) is 50.8 Å². The van der Waals surface area contributed by atoms with Crippen molar-refractivity contribution in [3.8, 4) is 0 Å². The van der Waals surface area contributed by atoms with E-state index in [9.17, 15) is 9.90 Å². The summed E-state index contributed by atoms with van der Waals surface area (Å²) in [4.78, 5) is 13.5. The molecular weight excluding hydrogens is 376 g/mol. The van der Waals surface area contributed by atoms with E-state index in [1.807, 2.05) is 38.1 Å². The number of aliphatic hydroxyl groups is 1. The third kappa shape index (κ3) is 6.69. The van der Waals surface area contributed by atoms with Gasteiger partial charge in [-0.2, -0.15) is 0 Å². The van der Waals surface area contributed by atoms with Gasteiger partial charge in [0, 0.05) is 17.3 Å². The highest BCUT2D eigenvalue weighted by Crippen LogP contribution is 2.26. The number of thioether (sulfide) groups is 1. The molecule has 152 valence electrons. The first-order chi connectivity index (χ1) is 13.6. The standard InChI is InChI=1S/C18H22N4O3S.C2H6/c1-13(23)10-22-11-14(20-21-22)9-19-18(24)16-6-2-3-7-17(16)26-12-15-5-4-8-25-15;1-2/h2-3,6-7,11,15,23H,1,4-5,8-10,12H2,(H,19,24);1-2H3. The molecule has 1 atom stereocenters. The van der Waals surface area contributed by atoms with Gasteiger partial charge < -0.3 is 15.2 Å². The minimum Gasteiger partial charge on any atom is -0.511 e. The Morgan fingerprint density at radius 1 is 1.43 bits per heavy atom. The van der Waals surface area contributed by atoms with E-state index in [-0.39, 0.29) is 30.9 Å². The molecule has 7 nitrogen and oxygen atoms in total. The highest BCUT2D eigenvalue weighted by atomic mass is 32.2. The molecule has 28 heavy (non-hydrogen) atoms. The largest absolute Gasteiger partial charge is 0.511 e. The lowest BCUT2D eigenvalue weighted by molar-refractivity contribution is 0.0947. The predicted molar refractivity (Wildman–Crippen MR) is 110 cm³/mol. The number of nitrogens with zero attached hydrogens (tertiary/aromatic N) is 3. The third-order valence-corrected chi connectivity index (χ3v) is 5.15. The average Bonchev–Trinajstić information content (AvgIpc) is 3.38. The van der Waals surface area contributed by atoms with E-state index in [0.29, 0.717) is 11.3 Å². The van der Waals surface area contributed by atoms with Gasteiger partial charge >= 0.3 is 0 Å². The number of ether oxygens (including phenoxy) is 1. The van der Waals surface area contributed by atoms with Gasteiger partial charge in [0.2, 0.25) is 0 Å². The Bertz CT molecular complexity index is 772. The van der Waals surface area contributed by atoms with Gasteiger partial charge in [-0.15, -0.1) is 16.9 Å². The molecule has 1 unspecified atom stereocenters. The topological polar surface area (TPSA) is 89.3 Å². The van der Waals surface area contributed by atoms with Crippen LogP contribution in [0.1, 0.15) is 42.7 Å². The van der Waals surface area contributed by atoms with Crippen LogP contribution in [0.5, 0.6) is 0 Å². The van der Waals surface area contributed by atoms with Gasteiger partial charge in [0.05, 0.1) is 31.0 Å². The Hall–Kier alpha value is -2.32. The lowest BCUT2D eigenvalue weighted by Crippen LogP contribution is -2.23. The number of aromatic nitrogens is 3. The van der Waals surface area contributed by atoms with Crippen molar-refractivity contribution in [3.05, 3.63) is 54.1 Å². The van der Waals surface area contributed by atoms with Crippen LogP contribution in [0.15, 0.2) is 47.7 Å². The van der Waals surface area contributed by atoms with Crippen molar-refractivity contribution in [1.29, 1.82) is 0 Å². The molecule has 1 aliphatic rings. The van der Waals surface area contributed by atoms with E-state index in [4.69, 9.17) is 4.74 Å². The summed E-state index contributed by atoms with van der Waals surface area (Å²) >= 11 is 1.65. The molecule has 1 amide bonds. The Morgan fingerprint density at radius 2 is 2.21 bits per heavy atom. The molecule has 3 rings (SSSR count). The highest BCUT2D eigenvalue weighted by molar-refractivity contribution is 7.99. The van der Waals surface area contributed by atoms with Crippen LogP contribution in [0.2, 0.25) is 0 Å². The first-order valence-corrected chi connectivity index (χ1v) is 10.5. The number of hydrogen-bond donors (Lipinski definition) is 2. The number of allylic oxidation sites excluding steroid dienone is 1. The van der Waals surface area contributed by atoms with Crippen LogP contribution in [0.25, 0.3) is 0 Å². The minimum atomic E-state index is -0.151. The number of amides is 1. The molecule has 1 saturated heterocycles. The summed E-state index contributed by atoms with van der Waals surface area (Å²) in [5.41, 5.74) is 1.26. The second-order valence-electron chi connectivity index (χ2n) is 6.10. The smallest absolute Gasteiger partial charge is 0.252 e. The van der Waals surface area contributed by atoms with Gasteiger partial charge in [0.15, 0.2) is 0 Å². The molecule has 2 aromatic rings. The molecular formula is C20H28N4O3S. The van der Waals surface area contributed by atoms with Gasteiger partial charge in [0.1, 0.15) is 11.5 Å². The number of aliphatic hydroxyl groups excluding tert-OH is 1. The molecule has 1 fully saturated rings. The SMILES string of the molecule is C=C(O)Cn1cc(CNC(=O)c2ccccc2SCC2CCCO2)nn1.CC. The predicted octanol–water partition coefficient (Wildman–Crippen LogP) is 3.58. The Kier molecular flexibility index (Phi) is 9.03. The van der Waals surface area contributed by atoms with Crippen LogP contribution < -0.4 is 5.32 Å². The van der Waals surface area contributed by atoms with E-state index in [1.165, 1.54) is 4.68 Å². The summed E-state index contributed by atoms with van der Waals surface area (Å²) in [5, 5.41) is 19.9. The summed E-state index contributed by atoms with van der Waals surface area (Å²) < 4.78 is 7.11. The lowest BCUT2D eigenvalue weighted by atomic mass is 10.2. The molecule has 8 heteroatoms. The summed E-state index contributed by atoms with van der Waals surface area (Å²) in [6.07, 6.45) is 4.13. The van der Waals surface area contributed by atoms with Crippen LogP contribution in [0, 0.1) is 0 Å². The van der Waals surface area contributed by atoms with Gasteiger partial charge in [-0.1, -0.05) is 37.8 Å². The van der Waals surface area contributed by atoms with Crippen LogP contribution in [0.4, 0.5) is 0 Å². The third-order valence-electron chi connectivity index (χ3n) is 3.94. The number of hydrogen-bond acceptors (Lipinski definition) is 6. The van der Waals surface area contributed by atoms with Crippen molar-refractivity contribution in [3.63, 3.8) is 0 Å². The lowest BCUT2D eigenvalue weighted by Gasteiger charge is -2.12. The number of rotatable bonds is 8. The van der Waals surface area contributed by atoms with Gasteiger partial charge in [-0.25, -0.2) is 4.68 Å². The van der Waals surface area contributed by atoms with Crippen molar-refractivity contribution in [2.75, 3.05) is 12.4 Å². The Labute approximate surface area is 170 Å². The van der Waals surface area contributed by atoms with Gasteiger partial charge in [-0.3, -0.25) is 4.79 Å². The average molecular weight is 405 g/mol. The number of benzene rings is 1. The Balaban J connectivity index is 0.00000136. The quantitative estimate of drug-likeness (QED) is 0.516.